The molecule has 142 valence electrons. The molecular weight excluding hydrogens is 356 g/mol. The lowest BCUT2D eigenvalue weighted by Crippen LogP contribution is -2.46. The van der Waals surface area contributed by atoms with Crippen LogP contribution in [-0.4, -0.2) is 50.7 Å². The second-order valence-electron chi connectivity index (χ2n) is 6.87. The van der Waals surface area contributed by atoms with Crippen LogP contribution in [0.3, 0.4) is 0 Å². The zero-order valence-electron chi connectivity index (χ0n) is 15.3. The Kier molecular flexibility index (Phi) is 4.17. The van der Waals surface area contributed by atoms with Gasteiger partial charge in [0.05, 0.1) is 6.26 Å². The molecule has 0 amide bonds. The van der Waals surface area contributed by atoms with E-state index < -0.39 is 0 Å². The van der Waals surface area contributed by atoms with Crippen molar-refractivity contribution in [2.24, 2.45) is 0 Å². The number of piperazine rings is 1. The lowest BCUT2D eigenvalue weighted by molar-refractivity contribution is 0.250. The van der Waals surface area contributed by atoms with E-state index in [1.807, 2.05) is 6.07 Å². The maximum Gasteiger partial charge on any atom is 0.348 e. The van der Waals surface area contributed by atoms with Crippen LogP contribution in [0.1, 0.15) is 5.56 Å². The molecule has 0 spiro atoms. The third kappa shape index (κ3) is 3.07. The van der Waals surface area contributed by atoms with Crippen molar-refractivity contribution in [2.75, 3.05) is 31.1 Å². The first-order valence-corrected chi connectivity index (χ1v) is 9.31. The van der Waals surface area contributed by atoms with Gasteiger partial charge in [0.15, 0.2) is 11.4 Å². The van der Waals surface area contributed by atoms with Crippen LogP contribution in [0.15, 0.2) is 64.1 Å². The van der Waals surface area contributed by atoms with Gasteiger partial charge in [0.2, 0.25) is 5.82 Å². The zero-order valence-corrected chi connectivity index (χ0v) is 15.3. The molecule has 5 rings (SSSR count). The highest BCUT2D eigenvalue weighted by atomic mass is 16.3. The second kappa shape index (κ2) is 6.97. The molecule has 1 aromatic carbocycles. The van der Waals surface area contributed by atoms with E-state index in [-0.39, 0.29) is 5.69 Å². The fourth-order valence-corrected chi connectivity index (χ4v) is 3.61. The van der Waals surface area contributed by atoms with Crippen LogP contribution in [0.5, 0.6) is 0 Å². The number of fused-ring (bicyclic) bond motifs is 1. The lowest BCUT2D eigenvalue weighted by Gasteiger charge is -2.36. The van der Waals surface area contributed by atoms with Gasteiger partial charge in [0, 0.05) is 50.2 Å². The normalized spacial score (nSPS) is 15.4. The number of H-pyrrole nitrogens is 1. The van der Waals surface area contributed by atoms with Gasteiger partial charge in [-0.2, -0.15) is 4.52 Å². The molecule has 1 saturated heterocycles. The van der Waals surface area contributed by atoms with Crippen LogP contribution < -0.4 is 10.6 Å². The van der Waals surface area contributed by atoms with E-state index in [1.165, 1.54) is 10.2 Å². The van der Waals surface area contributed by atoms with Crippen LogP contribution in [0.4, 0.5) is 5.69 Å². The van der Waals surface area contributed by atoms with Crippen molar-refractivity contribution >= 4 is 11.3 Å². The second-order valence-corrected chi connectivity index (χ2v) is 6.87. The molecule has 0 aliphatic carbocycles. The van der Waals surface area contributed by atoms with Gasteiger partial charge in [-0.05, 0) is 24.3 Å². The molecule has 0 atom stereocenters. The summed E-state index contributed by atoms with van der Waals surface area (Å²) in [6.45, 7) is 4.53. The molecule has 1 N–H and O–H groups in total. The Balaban J connectivity index is 1.36. The molecule has 4 aromatic rings. The molecule has 1 aliphatic rings. The van der Waals surface area contributed by atoms with Crippen LogP contribution in [0, 0.1) is 0 Å². The Morgan fingerprint density at radius 3 is 2.61 bits per heavy atom. The maximum absolute atomic E-state index is 12.2. The molecule has 8 heteroatoms. The highest BCUT2D eigenvalue weighted by molar-refractivity contribution is 5.55. The molecule has 0 unspecified atom stereocenters. The van der Waals surface area contributed by atoms with Crippen molar-refractivity contribution in [1.29, 1.82) is 0 Å². The van der Waals surface area contributed by atoms with Crippen molar-refractivity contribution in [3.05, 3.63) is 71.0 Å². The number of aromatic nitrogens is 4. The summed E-state index contributed by atoms with van der Waals surface area (Å²) in [5, 5.41) is 4.30. The van der Waals surface area contributed by atoms with Gasteiger partial charge < -0.3 is 14.3 Å². The number of hydrogen-bond acceptors (Lipinski definition) is 6. The highest BCUT2D eigenvalue weighted by Crippen LogP contribution is 2.20. The summed E-state index contributed by atoms with van der Waals surface area (Å²) in [4.78, 5) is 24.2. The SMILES string of the molecule is O=c1[nH]cc(CN2CCN(c3ccccc3)CC2)c2nc(-c3ccco3)nn12. The zero-order chi connectivity index (χ0) is 18.9. The van der Waals surface area contributed by atoms with E-state index in [2.05, 4.69) is 49.1 Å². The number of anilines is 1. The minimum atomic E-state index is -0.307. The molecule has 1 fully saturated rings. The van der Waals surface area contributed by atoms with Gasteiger partial charge in [-0.25, -0.2) is 9.78 Å². The Hall–Kier alpha value is -3.39. The predicted octanol–water partition coefficient (Wildman–Crippen LogP) is 2.00. The molecule has 0 saturated carbocycles. The Morgan fingerprint density at radius 2 is 1.86 bits per heavy atom. The molecule has 3 aromatic heterocycles. The van der Waals surface area contributed by atoms with Gasteiger partial charge in [-0.3, -0.25) is 4.90 Å². The number of nitrogens with one attached hydrogen (secondary N) is 1. The molecule has 28 heavy (non-hydrogen) atoms. The van der Waals surface area contributed by atoms with Gasteiger partial charge in [-0.1, -0.05) is 18.2 Å². The number of para-hydroxylation sites is 1. The van der Waals surface area contributed by atoms with Crippen LogP contribution in [0.2, 0.25) is 0 Å². The number of hydrogen-bond donors (Lipinski definition) is 1. The Bertz CT molecular complexity index is 1120. The molecular formula is C20H20N6O2. The average Bonchev–Trinajstić information content (AvgIpc) is 3.42. The van der Waals surface area contributed by atoms with Crippen molar-refractivity contribution in [2.45, 2.75) is 6.54 Å². The summed E-state index contributed by atoms with van der Waals surface area (Å²) in [5.41, 5.74) is 2.46. The minimum Gasteiger partial charge on any atom is -0.461 e. The third-order valence-electron chi connectivity index (χ3n) is 5.09. The fraction of sp³-hybridized carbons (Fsp3) is 0.250. The van der Waals surface area contributed by atoms with Crippen molar-refractivity contribution < 1.29 is 4.42 Å². The molecule has 8 nitrogen and oxygen atoms in total. The fourth-order valence-electron chi connectivity index (χ4n) is 3.61. The standard InChI is InChI=1S/C20H20N6O2/c27-20-21-13-15(19-22-18(23-26(19)20)17-7-4-12-28-17)14-24-8-10-25(11-9-24)16-5-2-1-3-6-16/h1-7,12-13H,8-11,14H2,(H,21,27). The monoisotopic (exact) mass is 376 g/mol. The van der Waals surface area contributed by atoms with Gasteiger partial charge in [0.25, 0.3) is 0 Å². The smallest absolute Gasteiger partial charge is 0.348 e. The van der Waals surface area contributed by atoms with E-state index in [1.54, 1.807) is 24.6 Å². The maximum atomic E-state index is 12.2. The Labute approximate surface area is 161 Å². The largest absolute Gasteiger partial charge is 0.461 e. The van der Waals surface area contributed by atoms with Crippen molar-refractivity contribution in [3.8, 4) is 11.6 Å². The highest BCUT2D eigenvalue weighted by Gasteiger charge is 2.20. The average molecular weight is 376 g/mol. The lowest BCUT2D eigenvalue weighted by atomic mass is 10.2. The van der Waals surface area contributed by atoms with E-state index in [0.29, 0.717) is 23.8 Å². The number of furan rings is 1. The number of benzene rings is 1. The molecule has 0 bridgehead atoms. The predicted molar refractivity (Wildman–Crippen MR) is 105 cm³/mol. The summed E-state index contributed by atoms with van der Waals surface area (Å²) >= 11 is 0. The van der Waals surface area contributed by atoms with Crippen LogP contribution in [-0.2, 0) is 6.54 Å². The molecule has 1 aliphatic heterocycles. The quantitative estimate of drug-likeness (QED) is 0.587. The van der Waals surface area contributed by atoms with Gasteiger partial charge >= 0.3 is 5.69 Å². The van der Waals surface area contributed by atoms with Crippen molar-refractivity contribution in [3.63, 3.8) is 0 Å². The molecule has 4 heterocycles. The Morgan fingerprint density at radius 1 is 1.04 bits per heavy atom. The van der Waals surface area contributed by atoms with Crippen LogP contribution in [0.25, 0.3) is 17.2 Å². The third-order valence-corrected chi connectivity index (χ3v) is 5.09. The number of aromatic amines is 1. The first kappa shape index (κ1) is 16.8. The minimum absolute atomic E-state index is 0.307. The summed E-state index contributed by atoms with van der Waals surface area (Å²) in [6, 6.07) is 14.0. The molecule has 0 radical (unpaired) electrons. The van der Waals surface area contributed by atoms with E-state index in [9.17, 15) is 4.79 Å². The van der Waals surface area contributed by atoms with Gasteiger partial charge in [-0.15, -0.1) is 5.10 Å². The van der Waals surface area contributed by atoms with Crippen molar-refractivity contribution in [1.82, 2.24) is 24.5 Å². The summed E-state index contributed by atoms with van der Waals surface area (Å²) in [6.07, 6.45) is 3.31. The van der Waals surface area contributed by atoms with Crippen LogP contribution >= 0.6 is 0 Å². The summed E-state index contributed by atoms with van der Waals surface area (Å²) in [5.74, 6) is 0.961. The van der Waals surface area contributed by atoms with E-state index in [0.717, 1.165) is 31.7 Å². The number of rotatable bonds is 4. The van der Waals surface area contributed by atoms with E-state index in [4.69, 9.17) is 4.42 Å². The van der Waals surface area contributed by atoms with E-state index >= 15 is 0 Å². The summed E-state index contributed by atoms with van der Waals surface area (Å²) in [7, 11) is 0. The first-order valence-electron chi connectivity index (χ1n) is 9.31. The number of nitrogens with zero attached hydrogens (tertiary/aromatic N) is 5. The summed E-state index contributed by atoms with van der Waals surface area (Å²) < 4.78 is 6.68. The topological polar surface area (TPSA) is 82.7 Å². The first-order chi connectivity index (χ1) is 13.8. The van der Waals surface area contributed by atoms with Gasteiger partial charge in [0.1, 0.15) is 0 Å².